The fourth-order valence-electron chi connectivity index (χ4n) is 1.75. The Hall–Kier alpha value is -1.85. The molecule has 2 rings (SSSR count). The van der Waals surface area contributed by atoms with Crippen molar-refractivity contribution in [1.82, 2.24) is 0 Å². The molecule has 0 aliphatic carbocycles. The molecule has 0 aromatic heterocycles. The van der Waals surface area contributed by atoms with E-state index in [-0.39, 0.29) is 12.5 Å². The second kappa shape index (κ2) is 6.54. The molecule has 0 fully saturated rings. The van der Waals surface area contributed by atoms with E-state index in [1.165, 1.54) is 0 Å². The highest BCUT2D eigenvalue weighted by Crippen LogP contribution is 2.23. The molecule has 1 amide bonds. The van der Waals surface area contributed by atoms with E-state index in [1.807, 2.05) is 0 Å². The van der Waals surface area contributed by atoms with Gasteiger partial charge in [-0.05, 0) is 51.8 Å². The Labute approximate surface area is 125 Å². The molecule has 2 N–H and O–H groups in total. The number of halogens is 1. The van der Waals surface area contributed by atoms with Gasteiger partial charge in [0.05, 0.1) is 19.3 Å². The number of anilines is 1. The molecule has 2 aromatic carbocycles. The van der Waals surface area contributed by atoms with Crippen LogP contribution in [-0.4, -0.2) is 18.1 Å². The quantitative estimate of drug-likeness (QED) is 0.901. The largest absolute Gasteiger partial charge is 0.497 e. The number of rotatable bonds is 4. The fraction of sp³-hybridized carbons (Fsp3) is 0.133. The maximum Gasteiger partial charge on any atom is 0.256 e. The summed E-state index contributed by atoms with van der Waals surface area (Å²) >= 11 is 3.35. The second-order valence-electron chi connectivity index (χ2n) is 4.16. The highest BCUT2D eigenvalue weighted by Gasteiger charge is 2.11. The minimum Gasteiger partial charge on any atom is -0.497 e. The van der Waals surface area contributed by atoms with E-state index in [0.717, 1.165) is 5.56 Å². The van der Waals surface area contributed by atoms with Gasteiger partial charge in [0, 0.05) is 10.2 Å². The first-order chi connectivity index (χ1) is 9.63. The third kappa shape index (κ3) is 3.37. The number of hydrogen-bond donors (Lipinski definition) is 2. The van der Waals surface area contributed by atoms with Crippen molar-refractivity contribution in [3.8, 4) is 5.75 Å². The number of aliphatic hydroxyl groups is 1. The van der Waals surface area contributed by atoms with E-state index < -0.39 is 0 Å². The summed E-state index contributed by atoms with van der Waals surface area (Å²) in [7, 11) is 1.55. The molecule has 0 spiro atoms. The number of aliphatic hydroxyl groups excluding tert-OH is 1. The maximum absolute atomic E-state index is 12.2. The average Bonchev–Trinajstić information content (AvgIpc) is 2.47. The summed E-state index contributed by atoms with van der Waals surface area (Å²) in [6.45, 7) is -0.0629. The Morgan fingerprint density at radius 2 is 2.10 bits per heavy atom. The van der Waals surface area contributed by atoms with Crippen LogP contribution in [-0.2, 0) is 6.61 Å². The molecule has 0 aliphatic rings. The van der Waals surface area contributed by atoms with Crippen molar-refractivity contribution < 1.29 is 14.6 Å². The molecule has 5 heteroatoms. The number of nitrogens with one attached hydrogen (secondary N) is 1. The number of methoxy groups -OCH3 is 1. The highest BCUT2D eigenvalue weighted by molar-refractivity contribution is 9.10. The summed E-state index contributed by atoms with van der Waals surface area (Å²) in [6.07, 6.45) is 0. The summed E-state index contributed by atoms with van der Waals surface area (Å²) in [5.74, 6) is 0.369. The molecule has 0 aliphatic heterocycles. The molecule has 4 nitrogen and oxygen atoms in total. The SMILES string of the molecule is COc1ccc(Br)c(C(=O)Nc2cccc(CO)c2)c1. The molecule has 104 valence electrons. The van der Waals surface area contributed by atoms with Gasteiger partial charge in [-0.25, -0.2) is 0 Å². The molecule has 0 unspecified atom stereocenters. The van der Waals surface area contributed by atoms with Crippen LogP contribution in [0.5, 0.6) is 5.75 Å². The van der Waals surface area contributed by atoms with Gasteiger partial charge in [0.15, 0.2) is 0 Å². The zero-order valence-corrected chi connectivity index (χ0v) is 12.5. The Kier molecular flexibility index (Phi) is 4.76. The van der Waals surface area contributed by atoms with Gasteiger partial charge in [-0.2, -0.15) is 0 Å². The lowest BCUT2D eigenvalue weighted by atomic mass is 10.1. The molecule has 0 atom stereocenters. The van der Waals surface area contributed by atoms with Gasteiger partial charge in [-0.3, -0.25) is 4.79 Å². The molecule has 0 saturated carbocycles. The van der Waals surface area contributed by atoms with E-state index in [2.05, 4.69) is 21.2 Å². The molecule has 20 heavy (non-hydrogen) atoms. The summed E-state index contributed by atoms with van der Waals surface area (Å²) in [5.41, 5.74) is 1.86. The van der Waals surface area contributed by atoms with Crippen molar-refractivity contribution >= 4 is 27.5 Å². The van der Waals surface area contributed by atoms with E-state index >= 15 is 0 Å². The van der Waals surface area contributed by atoms with Crippen LogP contribution in [0.15, 0.2) is 46.9 Å². The van der Waals surface area contributed by atoms with E-state index in [0.29, 0.717) is 21.5 Å². The van der Waals surface area contributed by atoms with Crippen molar-refractivity contribution in [1.29, 1.82) is 0 Å². The van der Waals surface area contributed by atoms with Crippen LogP contribution in [0.25, 0.3) is 0 Å². The number of hydrogen-bond acceptors (Lipinski definition) is 3. The molecule has 0 saturated heterocycles. The zero-order chi connectivity index (χ0) is 14.5. The topological polar surface area (TPSA) is 58.6 Å². The van der Waals surface area contributed by atoms with E-state index in [1.54, 1.807) is 49.6 Å². The third-order valence-corrected chi connectivity index (χ3v) is 3.48. The standard InChI is InChI=1S/C15H14BrNO3/c1-20-12-5-6-14(16)13(8-12)15(19)17-11-4-2-3-10(7-11)9-18/h2-8,18H,9H2,1H3,(H,17,19). The van der Waals surface area contributed by atoms with Gasteiger partial charge in [0.25, 0.3) is 5.91 Å². The third-order valence-electron chi connectivity index (χ3n) is 2.79. The van der Waals surface area contributed by atoms with Crippen LogP contribution in [0.1, 0.15) is 15.9 Å². The minimum atomic E-state index is -0.245. The molecular formula is C15H14BrNO3. The van der Waals surface area contributed by atoms with Crippen LogP contribution in [0.2, 0.25) is 0 Å². The van der Waals surface area contributed by atoms with Gasteiger partial charge in [0.1, 0.15) is 5.75 Å². The van der Waals surface area contributed by atoms with Crippen LogP contribution in [0.3, 0.4) is 0 Å². The Morgan fingerprint density at radius 1 is 1.30 bits per heavy atom. The Morgan fingerprint density at radius 3 is 2.80 bits per heavy atom. The van der Waals surface area contributed by atoms with Crippen LogP contribution in [0, 0.1) is 0 Å². The summed E-state index contributed by atoms with van der Waals surface area (Å²) < 4.78 is 5.80. The predicted molar refractivity (Wildman–Crippen MR) is 81.0 cm³/mol. The lowest BCUT2D eigenvalue weighted by molar-refractivity contribution is 0.102. The first kappa shape index (κ1) is 14.6. The lowest BCUT2D eigenvalue weighted by Gasteiger charge is -2.09. The lowest BCUT2D eigenvalue weighted by Crippen LogP contribution is -2.12. The van der Waals surface area contributed by atoms with Gasteiger partial charge in [0.2, 0.25) is 0 Å². The normalized spacial score (nSPS) is 10.2. The van der Waals surface area contributed by atoms with E-state index in [9.17, 15) is 4.79 Å². The smallest absolute Gasteiger partial charge is 0.256 e. The van der Waals surface area contributed by atoms with Crippen LogP contribution in [0.4, 0.5) is 5.69 Å². The van der Waals surface area contributed by atoms with Crippen LogP contribution < -0.4 is 10.1 Å². The number of ether oxygens (including phenoxy) is 1. The molecule has 0 bridgehead atoms. The number of amides is 1. The minimum absolute atomic E-state index is 0.0629. The van der Waals surface area contributed by atoms with Crippen molar-refractivity contribution in [3.05, 3.63) is 58.1 Å². The van der Waals surface area contributed by atoms with E-state index in [4.69, 9.17) is 9.84 Å². The van der Waals surface area contributed by atoms with Crippen molar-refractivity contribution in [2.24, 2.45) is 0 Å². The number of carbonyl (C=O) groups is 1. The maximum atomic E-state index is 12.2. The molecular weight excluding hydrogens is 322 g/mol. The monoisotopic (exact) mass is 335 g/mol. The summed E-state index contributed by atoms with van der Waals surface area (Å²) in [5, 5.41) is 11.9. The van der Waals surface area contributed by atoms with Crippen molar-refractivity contribution in [2.75, 3.05) is 12.4 Å². The molecule has 0 heterocycles. The number of benzene rings is 2. The summed E-state index contributed by atoms with van der Waals surface area (Å²) in [4.78, 5) is 12.2. The zero-order valence-electron chi connectivity index (χ0n) is 10.9. The second-order valence-corrected chi connectivity index (χ2v) is 5.01. The highest BCUT2D eigenvalue weighted by atomic mass is 79.9. The first-order valence-electron chi connectivity index (χ1n) is 5.98. The van der Waals surface area contributed by atoms with Gasteiger partial charge in [-0.15, -0.1) is 0 Å². The number of carbonyl (C=O) groups excluding carboxylic acids is 1. The first-order valence-corrected chi connectivity index (χ1v) is 6.78. The Bertz CT molecular complexity index is 628. The van der Waals surface area contributed by atoms with Crippen molar-refractivity contribution in [3.63, 3.8) is 0 Å². The fourth-order valence-corrected chi connectivity index (χ4v) is 2.18. The van der Waals surface area contributed by atoms with Gasteiger partial charge >= 0.3 is 0 Å². The average molecular weight is 336 g/mol. The predicted octanol–water partition coefficient (Wildman–Crippen LogP) is 3.20. The molecule has 2 aromatic rings. The van der Waals surface area contributed by atoms with Crippen LogP contribution >= 0.6 is 15.9 Å². The van der Waals surface area contributed by atoms with Gasteiger partial charge < -0.3 is 15.2 Å². The molecule has 0 radical (unpaired) electrons. The summed E-state index contributed by atoms with van der Waals surface area (Å²) in [6, 6.07) is 12.3. The van der Waals surface area contributed by atoms with Crippen molar-refractivity contribution in [2.45, 2.75) is 6.61 Å². The Balaban J connectivity index is 2.23. The van der Waals surface area contributed by atoms with Gasteiger partial charge in [-0.1, -0.05) is 12.1 Å².